The lowest BCUT2D eigenvalue weighted by atomic mass is 10.2. The van der Waals surface area contributed by atoms with E-state index in [4.69, 9.17) is 28.3 Å². The van der Waals surface area contributed by atoms with Crippen LogP contribution in [-0.2, 0) is 11.3 Å². The van der Waals surface area contributed by atoms with E-state index in [1.165, 1.54) is 22.0 Å². The topological polar surface area (TPSA) is 71.7 Å². The maximum Gasteiger partial charge on any atom is 0.323 e. The Morgan fingerprint density at radius 3 is 2.62 bits per heavy atom. The van der Waals surface area contributed by atoms with Crippen molar-refractivity contribution in [1.29, 1.82) is 0 Å². The van der Waals surface area contributed by atoms with E-state index in [9.17, 15) is 9.59 Å². The summed E-state index contributed by atoms with van der Waals surface area (Å²) in [5.74, 6) is -1.54. The minimum absolute atomic E-state index is 0.269. The summed E-state index contributed by atoms with van der Waals surface area (Å²) < 4.78 is 2.13. The first-order chi connectivity index (χ1) is 11.5. The molecule has 0 atom stereocenters. The van der Waals surface area contributed by atoms with Crippen molar-refractivity contribution >= 4 is 56.6 Å². The predicted octanol–water partition coefficient (Wildman–Crippen LogP) is 3.84. The Hall–Kier alpha value is -2.15. The summed E-state index contributed by atoms with van der Waals surface area (Å²) in [5.41, 5.74) is 0.945. The van der Waals surface area contributed by atoms with Gasteiger partial charge in [0, 0.05) is 10.6 Å². The van der Waals surface area contributed by atoms with Crippen molar-refractivity contribution in [3.63, 3.8) is 0 Å². The highest BCUT2D eigenvalue weighted by molar-refractivity contribution is 7.17. The zero-order valence-electron chi connectivity index (χ0n) is 12.1. The average Bonchev–Trinajstić information content (AvgIpc) is 2.86. The Morgan fingerprint density at radius 1 is 1.17 bits per heavy atom. The van der Waals surface area contributed by atoms with Crippen molar-refractivity contribution in [3.8, 4) is 0 Å². The van der Waals surface area contributed by atoms with Gasteiger partial charge in [-0.3, -0.25) is 9.59 Å². The smallest absolute Gasteiger partial charge is 0.323 e. The number of amides is 1. The number of hydrogen-bond acceptors (Lipinski definition) is 3. The summed E-state index contributed by atoms with van der Waals surface area (Å²) in [6.45, 7) is -0.317. The molecule has 1 N–H and O–H groups in total. The highest BCUT2D eigenvalue weighted by Gasteiger charge is 2.13. The molecule has 24 heavy (non-hydrogen) atoms. The first-order valence-electron chi connectivity index (χ1n) is 6.80. The summed E-state index contributed by atoms with van der Waals surface area (Å²) in [7, 11) is 0. The van der Waals surface area contributed by atoms with Crippen LogP contribution in [0.25, 0.3) is 10.2 Å². The molecule has 0 bridgehead atoms. The third-order valence-electron chi connectivity index (χ3n) is 3.22. The lowest BCUT2D eigenvalue weighted by molar-refractivity contribution is -0.137. The number of carboxylic acid groups (broad SMARTS) is 1. The van der Waals surface area contributed by atoms with Gasteiger partial charge in [-0.05, 0) is 30.3 Å². The normalized spacial score (nSPS) is 11.8. The molecule has 0 radical (unpaired) electrons. The molecule has 0 unspecified atom stereocenters. The van der Waals surface area contributed by atoms with Gasteiger partial charge in [-0.2, -0.15) is 4.99 Å². The second kappa shape index (κ2) is 6.76. The van der Waals surface area contributed by atoms with E-state index in [1.54, 1.807) is 36.4 Å². The van der Waals surface area contributed by atoms with E-state index < -0.39 is 11.9 Å². The zero-order valence-corrected chi connectivity index (χ0v) is 14.4. The molecule has 1 amide bonds. The Labute approximate surface area is 150 Å². The maximum atomic E-state index is 12.4. The van der Waals surface area contributed by atoms with Crippen molar-refractivity contribution in [3.05, 3.63) is 62.9 Å². The molecule has 3 aromatic rings. The van der Waals surface area contributed by atoms with Crippen LogP contribution in [0.4, 0.5) is 0 Å². The first kappa shape index (κ1) is 16.7. The van der Waals surface area contributed by atoms with Crippen molar-refractivity contribution in [2.75, 3.05) is 0 Å². The third kappa shape index (κ3) is 3.36. The Morgan fingerprint density at radius 2 is 1.92 bits per heavy atom. The lowest BCUT2D eigenvalue weighted by Crippen LogP contribution is -2.21. The summed E-state index contributed by atoms with van der Waals surface area (Å²) in [5, 5.41) is 10.0. The van der Waals surface area contributed by atoms with Gasteiger partial charge in [-0.25, -0.2) is 0 Å². The number of rotatable bonds is 3. The molecule has 0 spiro atoms. The molecule has 1 aromatic heterocycles. The van der Waals surface area contributed by atoms with Crippen molar-refractivity contribution in [2.45, 2.75) is 6.54 Å². The Balaban J connectivity index is 2.19. The van der Waals surface area contributed by atoms with E-state index in [0.29, 0.717) is 25.8 Å². The number of carboxylic acids is 1. The number of nitrogens with zero attached hydrogens (tertiary/aromatic N) is 2. The fourth-order valence-electron chi connectivity index (χ4n) is 2.20. The molecule has 2 aromatic carbocycles. The van der Waals surface area contributed by atoms with E-state index >= 15 is 0 Å². The van der Waals surface area contributed by atoms with Gasteiger partial charge in [0.1, 0.15) is 6.54 Å². The highest BCUT2D eigenvalue weighted by Crippen LogP contribution is 2.26. The van der Waals surface area contributed by atoms with Gasteiger partial charge in [-0.15, -0.1) is 0 Å². The quantitative estimate of drug-likeness (QED) is 0.750. The molecule has 0 aliphatic heterocycles. The molecule has 1 heterocycles. The van der Waals surface area contributed by atoms with Crippen molar-refractivity contribution in [1.82, 2.24) is 4.57 Å². The van der Waals surface area contributed by atoms with E-state index in [-0.39, 0.29) is 11.3 Å². The van der Waals surface area contributed by atoms with Crippen LogP contribution in [-0.4, -0.2) is 21.6 Å². The number of halogens is 2. The second-order valence-corrected chi connectivity index (χ2v) is 6.70. The molecule has 3 rings (SSSR count). The molecule has 5 nitrogen and oxygen atoms in total. The fourth-order valence-corrected chi connectivity index (χ4v) is 3.71. The van der Waals surface area contributed by atoms with Gasteiger partial charge >= 0.3 is 5.97 Å². The number of carbonyl (C=O) groups excluding carboxylic acids is 1. The minimum atomic E-state index is -1.04. The second-order valence-electron chi connectivity index (χ2n) is 4.88. The highest BCUT2D eigenvalue weighted by atomic mass is 35.5. The molecule has 8 heteroatoms. The van der Waals surface area contributed by atoms with Gasteiger partial charge in [0.2, 0.25) is 0 Å². The Bertz CT molecular complexity index is 1020. The first-order valence-corrected chi connectivity index (χ1v) is 8.37. The number of thiazole rings is 1. The van der Waals surface area contributed by atoms with Crippen LogP contribution >= 0.6 is 34.5 Å². The number of hydrogen-bond donors (Lipinski definition) is 1. The maximum absolute atomic E-state index is 12.4. The Kier molecular flexibility index (Phi) is 4.71. The van der Waals surface area contributed by atoms with Gasteiger partial charge in [-0.1, -0.05) is 46.7 Å². The third-order valence-corrected chi connectivity index (χ3v) is 5.01. The number of aliphatic carboxylic acids is 1. The monoisotopic (exact) mass is 380 g/mol. The van der Waals surface area contributed by atoms with Crippen molar-refractivity contribution < 1.29 is 14.7 Å². The summed E-state index contributed by atoms with van der Waals surface area (Å²) >= 11 is 13.2. The predicted molar refractivity (Wildman–Crippen MR) is 93.8 cm³/mol. The number of fused-ring (bicyclic) bond motifs is 1. The van der Waals surface area contributed by atoms with Crippen LogP contribution in [0.2, 0.25) is 10.0 Å². The fraction of sp³-hybridized carbons (Fsp3) is 0.0625. The van der Waals surface area contributed by atoms with Gasteiger partial charge in [0.25, 0.3) is 5.91 Å². The van der Waals surface area contributed by atoms with E-state index in [2.05, 4.69) is 4.99 Å². The molecule has 0 aliphatic rings. The molecular weight excluding hydrogens is 371 g/mol. The lowest BCUT2D eigenvalue weighted by Gasteiger charge is -2.01. The van der Waals surface area contributed by atoms with Crippen LogP contribution in [0.5, 0.6) is 0 Å². The summed E-state index contributed by atoms with van der Waals surface area (Å²) in [4.78, 5) is 27.8. The summed E-state index contributed by atoms with van der Waals surface area (Å²) in [6.07, 6.45) is 0. The summed E-state index contributed by atoms with van der Waals surface area (Å²) in [6, 6.07) is 11.6. The van der Waals surface area contributed by atoms with Crippen LogP contribution < -0.4 is 4.80 Å². The zero-order chi connectivity index (χ0) is 17.3. The number of aromatic nitrogens is 1. The minimum Gasteiger partial charge on any atom is -0.480 e. The molecule has 0 saturated carbocycles. The van der Waals surface area contributed by atoms with Gasteiger partial charge in [0.05, 0.1) is 15.2 Å². The van der Waals surface area contributed by atoms with Crippen LogP contribution in [0.1, 0.15) is 10.4 Å². The standard InChI is InChI=1S/C16H10Cl2N2O3S/c17-10-4-1-3-9(7-10)15(23)19-16-20(8-13(21)22)12-6-2-5-11(18)14(12)24-16/h1-7H,8H2,(H,21,22). The molecule has 0 fully saturated rings. The molecular formula is C16H10Cl2N2O3S. The number of carbonyl (C=O) groups is 2. The van der Waals surface area contributed by atoms with Crippen molar-refractivity contribution in [2.24, 2.45) is 4.99 Å². The van der Waals surface area contributed by atoms with Crippen LogP contribution in [0.15, 0.2) is 47.5 Å². The number of benzene rings is 2. The molecule has 0 saturated heterocycles. The van der Waals surface area contributed by atoms with Gasteiger partial charge in [0.15, 0.2) is 4.80 Å². The van der Waals surface area contributed by atoms with Crippen LogP contribution in [0, 0.1) is 0 Å². The van der Waals surface area contributed by atoms with E-state index in [1.807, 2.05) is 0 Å². The molecule has 0 aliphatic carbocycles. The van der Waals surface area contributed by atoms with Crippen LogP contribution in [0.3, 0.4) is 0 Å². The SMILES string of the molecule is O=C(O)Cn1c(=NC(=O)c2cccc(Cl)c2)sc2c(Cl)cccc21. The largest absolute Gasteiger partial charge is 0.480 e. The van der Waals surface area contributed by atoms with E-state index in [0.717, 1.165) is 0 Å². The van der Waals surface area contributed by atoms with Gasteiger partial charge < -0.3 is 9.67 Å². The average molecular weight is 381 g/mol. The molecule has 122 valence electrons.